The van der Waals surface area contributed by atoms with Crippen LogP contribution in [0.5, 0.6) is 0 Å². The summed E-state index contributed by atoms with van der Waals surface area (Å²) in [6.07, 6.45) is 5.05. The molecule has 0 aromatic carbocycles. The van der Waals surface area contributed by atoms with Gasteiger partial charge in [-0.05, 0) is 25.7 Å². The summed E-state index contributed by atoms with van der Waals surface area (Å²) in [4.78, 5) is 4.69. The zero-order valence-electron chi connectivity index (χ0n) is 10.3. The van der Waals surface area contributed by atoms with Gasteiger partial charge in [0.1, 0.15) is 9.84 Å². The molecule has 1 saturated carbocycles. The second kappa shape index (κ2) is 5.18. The summed E-state index contributed by atoms with van der Waals surface area (Å²) >= 11 is 1.74. The molecule has 1 heterocycles. The van der Waals surface area contributed by atoms with Gasteiger partial charge in [-0.2, -0.15) is 0 Å². The molecule has 1 fully saturated rings. The average molecular weight is 276 g/mol. The summed E-state index contributed by atoms with van der Waals surface area (Å²) in [5.74, 6) is 2.04. The van der Waals surface area contributed by atoms with Gasteiger partial charge in [-0.1, -0.05) is 18.2 Å². The molecule has 2 aliphatic rings. The molecule has 0 spiro atoms. The number of aliphatic imine (C=N–C) groups is 1. The highest BCUT2D eigenvalue weighted by Gasteiger charge is 2.31. The predicted molar refractivity (Wildman–Crippen MR) is 73.3 cm³/mol. The van der Waals surface area contributed by atoms with Crippen LogP contribution in [0.4, 0.5) is 0 Å². The van der Waals surface area contributed by atoms with E-state index in [9.17, 15) is 8.42 Å². The molecule has 1 aliphatic heterocycles. The van der Waals surface area contributed by atoms with Crippen LogP contribution in [-0.4, -0.2) is 43.4 Å². The molecule has 1 N–H and O–H groups in total. The predicted octanol–water partition coefficient (Wildman–Crippen LogP) is 1.28. The molecule has 6 heteroatoms. The Morgan fingerprint density at radius 3 is 3.00 bits per heavy atom. The number of nitrogens with one attached hydrogen (secondary N) is 1. The number of hydrogen-bond donors (Lipinski definition) is 1. The number of rotatable bonds is 3. The van der Waals surface area contributed by atoms with Crippen LogP contribution < -0.4 is 5.32 Å². The quantitative estimate of drug-likeness (QED) is 0.843. The summed E-state index contributed by atoms with van der Waals surface area (Å²) in [5.41, 5.74) is 0. The highest BCUT2D eigenvalue weighted by Crippen LogP contribution is 2.34. The van der Waals surface area contributed by atoms with Crippen molar-refractivity contribution in [3.63, 3.8) is 0 Å². The molecule has 0 saturated heterocycles. The fourth-order valence-electron chi connectivity index (χ4n) is 2.54. The van der Waals surface area contributed by atoms with Gasteiger partial charge in [0.25, 0.3) is 0 Å². The Hall–Kier alpha value is -0.230. The molecule has 0 aromatic rings. The van der Waals surface area contributed by atoms with Crippen molar-refractivity contribution in [2.24, 2.45) is 10.9 Å². The third kappa shape index (κ3) is 3.88. The van der Waals surface area contributed by atoms with Gasteiger partial charge in [-0.15, -0.1) is 0 Å². The fraction of sp³-hybridized carbons (Fsp3) is 0.909. The van der Waals surface area contributed by atoms with Gasteiger partial charge in [0.2, 0.25) is 0 Å². The van der Waals surface area contributed by atoms with Gasteiger partial charge in [-0.3, -0.25) is 4.99 Å². The Kier molecular flexibility index (Phi) is 4.02. The minimum absolute atomic E-state index is 0.0609. The lowest BCUT2D eigenvalue weighted by molar-refractivity contribution is 0.531. The molecule has 0 bridgehead atoms. The SMILES string of the molecule is CC(CS(C)(=O)=O)NC1=NC2CCCC2CS1. The highest BCUT2D eigenvalue weighted by atomic mass is 32.2. The Bertz CT molecular complexity index is 406. The van der Waals surface area contributed by atoms with Crippen molar-refractivity contribution in [3.05, 3.63) is 0 Å². The van der Waals surface area contributed by atoms with Crippen molar-refractivity contribution in [2.45, 2.75) is 38.3 Å². The topological polar surface area (TPSA) is 58.5 Å². The van der Waals surface area contributed by atoms with E-state index in [-0.39, 0.29) is 11.8 Å². The Balaban J connectivity index is 1.91. The molecule has 98 valence electrons. The Morgan fingerprint density at radius 1 is 1.53 bits per heavy atom. The lowest BCUT2D eigenvalue weighted by Crippen LogP contribution is -2.39. The van der Waals surface area contributed by atoms with Gasteiger partial charge in [0.05, 0.1) is 11.8 Å². The zero-order chi connectivity index (χ0) is 12.5. The molecule has 17 heavy (non-hydrogen) atoms. The maximum Gasteiger partial charge on any atom is 0.157 e. The third-order valence-electron chi connectivity index (χ3n) is 3.26. The molecule has 4 nitrogen and oxygen atoms in total. The molecular weight excluding hydrogens is 256 g/mol. The minimum atomic E-state index is -2.92. The second-order valence-corrected chi connectivity index (χ2v) is 8.33. The summed E-state index contributed by atoms with van der Waals surface area (Å²) in [6, 6.07) is 0.415. The van der Waals surface area contributed by atoms with E-state index in [0.717, 1.165) is 16.8 Å². The molecule has 0 radical (unpaired) electrons. The maximum absolute atomic E-state index is 11.2. The van der Waals surface area contributed by atoms with Crippen molar-refractivity contribution < 1.29 is 8.42 Å². The molecule has 3 unspecified atom stereocenters. The van der Waals surface area contributed by atoms with Crippen molar-refractivity contribution in [1.29, 1.82) is 0 Å². The number of sulfone groups is 1. The van der Waals surface area contributed by atoms with Crippen molar-refractivity contribution in [1.82, 2.24) is 5.32 Å². The van der Waals surface area contributed by atoms with E-state index in [2.05, 4.69) is 10.3 Å². The Labute approximate surface area is 108 Å². The van der Waals surface area contributed by atoms with E-state index in [0.29, 0.717) is 6.04 Å². The van der Waals surface area contributed by atoms with Gasteiger partial charge in [-0.25, -0.2) is 8.42 Å². The molecule has 3 atom stereocenters. The van der Waals surface area contributed by atoms with Crippen LogP contribution >= 0.6 is 11.8 Å². The molecular formula is C11H20N2O2S2. The molecule has 0 amide bonds. The Morgan fingerprint density at radius 2 is 2.29 bits per heavy atom. The first-order chi connectivity index (χ1) is 7.94. The summed E-state index contributed by atoms with van der Waals surface area (Å²) in [6.45, 7) is 1.89. The summed E-state index contributed by atoms with van der Waals surface area (Å²) in [5, 5.41) is 4.16. The minimum Gasteiger partial charge on any atom is -0.361 e. The van der Waals surface area contributed by atoms with Crippen LogP contribution in [0.15, 0.2) is 4.99 Å². The van der Waals surface area contributed by atoms with Crippen LogP contribution in [0.25, 0.3) is 0 Å². The maximum atomic E-state index is 11.2. The van der Waals surface area contributed by atoms with Crippen molar-refractivity contribution in [2.75, 3.05) is 17.8 Å². The van der Waals surface area contributed by atoms with Gasteiger partial charge < -0.3 is 5.32 Å². The molecule has 2 rings (SSSR count). The number of hydrogen-bond acceptors (Lipinski definition) is 5. The standard InChI is InChI=1S/C11H20N2O2S2/c1-8(7-17(2,14)15)12-11-13-10-5-3-4-9(10)6-16-11/h8-10H,3-7H2,1-2H3,(H,12,13). The third-order valence-corrected chi connectivity index (χ3v) is 5.46. The monoisotopic (exact) mass is 276 g/mol. The lowest BCUT2D eigenvalue weighted by Gasteiger charge is -2.25. The van der Waals surface area contributed by atoms with Crippen LogP contribution in [0.3, 0.4) is 0 Å². The van der Waals surface area contributed by atoms with Gasteiger partial charge in [0.15, 0.2) is 5.17 Å². The fourth-order valence-corrected chi connectivity index (χ4v) is 4.79. The summed E-state index contributed by atoms with van der Waals surface area (Å²) < 4.78 is 22.4. The first kappa shape index (κ1) is 13.2. The molecule has 1 aliphatic carbocycles. The first-order valence-corrected chi connectivity index (χ1v) is 9.13. The zero-order valence-corrected chi connectivity index (χ0v) is 12.0. The van der Waals surface area contributed by atoms with E-state index in [1.807, 2.05) is 6.92 Å². The number of thioether (sulfide) groups is 1. The van der Waals surface area contributed by atoms with Crippen molar-refractivity contribution in [3.8, 4) is 0 Å². The number of amidine groups is 1. The molecule has 0 aromatic heterocycles. The number of nitrogens with zero attached hydrogens (tertiary/aromatic N) is 1. The number of fused-ring (bicyclic) bond motifs is 1. The van der Waals surface area contributed by atoms with Gasteiger partial charge >= 0.3 is 0 Å². The van der Waals surface area contributed by atoms with Crippen molar-refractivity contribution >= 4 is 26.8 Å². The normalized spacial score (nSPS) is 30.6. The highest BCUT2D eigenvalue weighted by molar-refractivity contribution is 8.13. The lowest BCUT2D eigenvalue weighted by atomic mass is 10.1. The van der Waals surface area contributed by atoms with Gasteiger partial charge in [0, 0.05) is 18.1 Å². The van der Waals surface area contributed by atoms with E-state index in [1.54, 1.807) is 11.8 Å². The second-order valence-electron chi connectivity index (χ2n) is 5.14. The van der Waals surface area contributed by atoms with Crippen LogP contribution in [0.1, 0.15) is 26.2 Å². The van der Waals surface area contributed by atoms with Crippen LogP contribution in [0, 0.1) is 5.92 Å². The summed E-state index contributed by atoms with van der Waals surface area (Å²) in [7, 11) is -2.92. The van der Waals surface area contributed by atoms with E-state index in [4.69, 9.17) is 0 Å². The van der Waals surface area contributed by atoms with E-state index < -0.39 is 9.84 Å². The smallest absolute Gasteiger partial charge is 0.157 e. The van der Waals surface area contributed by atoms with E-state index >= 15 is 0 Å². The average Bonchev–Trinajstić information content (AvgIpc) is 2.61. The largest absolute Gasteiger partial charge is 0.361 e. The van der Waals surface area contributed by atoms with Crippen LogP contribution in [-0.2, 0) is 9.84 Å². The van der Waals surface area contributed by atoms with Crippen LogP contribution in [0.2, 0.25) is 0 Å². The van der Waals surface area contributed by atoms with E-state index in [1.165, 1.54) is 25.5 Å². The first-order valence-electron chi connectivity index (χ1n) is 6.09.